The van der Waals surface area contributed by atoms with E-state index < -0.39 is 0 Å². The smallest absolute Gasteiger partial charge is 0.170 e. The molecule has 0 spiro atoms. The van der Waals surface area contributed by atoms with Gasteiger partial charge in [0, 0.05) is 32.7 Å². The van der Waals surface area contributed by atoms with Crippen LogP contribution in [0.2, 0.25) is 0 Å². The average molecular weight is 641 g/mol. The van der Waals surface area contributed by atoms with Crippen LogP contribution in [-0.4, -0.2) is 19.5 Å². The lowest BCUT2D eigenvalue weighted by Gasteiger charge is -2.15. The summed E-state index contributed by atoms with van der Waals surface area (Å²) in [5, 5.41) is 4.42. The van der Waals surface area contributed by atoms with Crippen molar-refractivity contribution in [2.45, 2.75) is 0 Å². The zero-order valence-corrected chi connectivity index (χ0v) is 26.9. The fourth-order valence-corrected chi connectivity index (χ4v) is 7.14. The lowest BCUT2D eigenvalue weighted by molar-refractivity contribution is 0.669. The number of fused-ring (bicyclic) bond motifs is 6. The number of furan rings is 1. The molecule has 5 nitrogen and oxygen atoms in total. The number of rotatable bonds is 5. The van der Waals surface area contributed by atoms with E-state index in [9.17, 15) is 0 Å². The lowest BCUT2D eigenvalue weighted by atomic mass is 10.0. The molecule has 5 heteroatoms. The molecule has 3 heterocycles. The van der Waals surface area contributed by atoms with E-state index in [0.717, 1.165) is 66.5 Å². The van der Waals surface area contributed by atoms with Crippen molar-refractivity contribution < 1.29 is 4.42 Å². The second-order valence-electron chi connectivity index (χ2n) is 12.4. The van der Waals surface area contributed by atoms with Crippen LogP contribution >= 0.6 is 0 Å². The van der Waals surface area contributed by atoms with E-state index in [-0.39, 0.29) is 0 Å². The van der Waals surface area contributed by atoms with Crippen molar-refractivity contribution in [2.75, 3.05) is 0 Å². The molecule has 0 unspecified atom stereocenters. The summed E-state index contributed by atoms with van der Waals surface area (Å²) in [7, 11) is 0. The van der Waals surface area contributed by atoms with Crippen LogP contribution in [0, 0.1) is 0 Å². The summed E-state index contributed by atoms with van der Waals surface area (Å²) in [6, 6.07) is 58.5. The fraction of sp³-hybridized carbons (Fsp3) is 0. The van der Waals surface area contributed by atoms with Gasteiger partial charge in [-0.2, -0.15) is 0 Å². The summed E-state index contributed by atoms with van der Waals surface area (Å²) in [5.41, 5.74) is 9.60. The summed E-state index contributed by atoms with van der Waals surface area (Å²) in [6.07, 6.45) is 0. The van der Waals surface area contributed by atoms with Crippen LogP contribution in [0.25, 0.3) is 94.7 Å². The third-order valence-electron chi connectivity index (χ3n) is 9.49. The molecule has 0 radical (unpaired) electrons. The van der Waals surface area contributed by atoms with E-state index in [4.69, 9.17) is 19.4 Å². The maximum Gasteiger partial charge on any atom is 0.170 e. The Balaban J connectivity index is 1.28. The minimum atomic E-state index is 0.544. The fourth-order valence-electron chi connectivity index (χ4n) is 7.14. The second kappa shape index (κ2) is 11.4. The van der Waals surface area contributed by atoms with Crippen LogP contribution in [0.5, 0.6) is 0 Å². The van der Waals surface area contributed by atoms with E-state index in [1.54, 1.807) is 0 Å². The van der Waals surface area contributed by atoms with Gasteiger partial charge >= 0.3 is 0 Å². The van der Waals surface area contributed by atoms with Gasteiger partial charge in [0.05, 0.1) is 22.3 Å². The molecule has 0 amide bonds. The molecule has 0 atom stereocenters. The van der Waals surface area contributed by atoms with Crippen LogP contribution in [0.4, 0.5) is 0 Å². The van der Waals surface area contributed by atoms with Crippen LogP contribution < -0.4 is 0 Å². The van der Waals surface area contributed by atoms with Crippen LogP contribution in [-0.2, 0) is 0 Å². The highest BCUT2D eigenvalue weighted by Gasteiger charge is 2.24. The van der Waals surface area contributed by atoms with Crippen molar-refractivity contribution >= 4 is 43.7 Å². The van der Waals surface area contributed by atoms with Crippen molar-refractivity contribution in [1.29, 1.82) is 0 Å². The number of nitrogens with zero attached hydrogens (tertiary/aromatic N) is 4. The molecule has 7 aromatic carbocycles. The predicted molar refractivity (Wildman–Crippen MR) is 203 cm³/mol. The Hall–Kier alpha value is -6.85. The summed E-state index contributed by atoms with van der Waals surface area (Å²) in [6.45, 7) is 0. The topological polar surface area (TPSA) is 56.7 Å². The molecule has 3 aromatic heterocycles. The molecule has 0 aliphatic rings. The maximum absolute atomic E-state index is 6.74. The molecule has 10 aromatic rings. The van der Waals surface area contributed by atoms with Crippen LogP contribution in [0.15, 0.2) is 174 Å². The van der Waals surface area contributed by atoms with Gasteiger partial charge in [-0.15, -0.1) is 0 Å². The summed E-state index contributed by atoms with van der Waals surface area (Å²) < 4.78 is 9.06. The van der Waals surface area contributed by atoms with Gasteiger partial charge in [-0.25, -0.2) is 15.0 Å². The van der Waals surface area contributed by atoms with E-state index in [2.05, 4.69) is 120 Å². The largest absolute Gasteiger partial charge is 0.455 e. The Morgan fingerprint density at radius 3 is 1.50 bits per heavy atom. The first-order valence-electron chi connectivity index (χ1n) is 16.7. The normalized spacial score (nSPS) is 11.6. The molecule has 0 aliphatic carbocycles. The molecule has 0 N–H and O–H groups in total. The minimum Gasteiger partial charge on any atom is -0.455 e. The number of hydrogen-bond acceptors (Lipinski definition) is 4. The van der Waals surface area contributed by atoms with Crippen molar-refractivity contribution in [3.63, 3.8) is 0 Å². The predicted octanol–water partition coefficient (Wildman–Crippen LogP) is 11.5. The molecule has 50 heavy (non-hydrogen) atoms. The summed E-state index contributed by atoms with van der Waals surface area (Å²) in [4.78, 5) is 15.5. The van der Waals surface area contributed by atoms with Gasteiger partial charge in [-0.3, -0.25) is 0 Å². The molecule has 0 saturated carbocycles. The second-order valence-corrected chi connectivity index (χ2v) is 12.4. The van der Waals surface area contributed by atoms with Crippen LogP contribution in [0.3, 0.4) is 0 Å². The number of hydrogen-bond donors (Lipinski definition) is 0. The highest BCUT2D eigenvalue weighted by atomic mass is 16.3. The van der Waals surface area contributed by atoms with Gasteiger partial charge in [-0.05, 0) is 41.5 Å². The molecule has 0 saturated heterocycles. The Morgan fingerprint density at radius 1 is 0.360 bits per heavy atom. The number of aromatic nitrogens is 4. The van der Waals surface area contributed by atoms with Gasteiger partial charge in [0.1, 0.15) is 11.2 Å². The Labute approximate surface area is 287 Å². The maximum atomic E-state index is 6.74. The molecule has 10 rings (SSSR count). The molecular formula is C45H28N4O. The first-order valence-corrected chi connectivity index (χ1v) is 16.7. The van der Waals surface area contributed by atoms with Crippen LogP contribution in [0.1, 0.15) is 0 Å². The van der Waals surface area contributed by atoms with E-state index in [1.807, 2.05) is 54.6 Å². The van der Waals surface area contributed by atoms with Crippen molar-refractivity contribution in [3.8, 4) is 51.0 Å². The highest BCUT2D eigenvalue weighted by Crippen LogP contribution is 2.42. The number of benzene rings is 7. The molecule has 234 valence electrons. The Bertz CT molecular complexity index is 2800. The van der Waals surface area contributed by atoms with E-state index >= 15 is 0 Å². The average Bonchev–Trinajstić information content (AvgIpc) is 3.74. The van der Waals surface area contributed by atoms with Gasteiger partial charge in [0.15, 0.2) is 17.5 Å². The third kappa shape index (κ3) is 4.52. The Kier molecular flexibility index (Phi) is 6.42. The standard InChI is InChI=1S/C45H28N4O/c1-3-13-29(14-4-1)30-23-25-32(26-24-30)44-46-43(31-15-5-2-6-16-31)47-45(48-44)41-39(28-27-36-35-19-9-12-22-40(35)50-42(36)41)49-37-20-10-7-17-33(37)34-18-8-11-21-38(34)49/h1-28H. The minimum absolute atomic E-state index is 0.544. The van der Waals surface area contributed by atoms with Crippen molar-refractivity contribution in [3.05, 3.63) is 170 Å². The van der Waals surface area contributed by atoms with Gasteiger partial charge in [-0.1, -0.05) is 140 Å². The zero-order chi connectivity index (χ0) is 33.0. The molecular weight excluding hydrogens is 613 g/mol. The van der Waals surface area contributed by atoms with E-state index in [0.29, 0.717) is 17.5 Å². The van der Waals surface area contributed by atoms with Gasteiger partial charge in [0.2, 0.25) is 0 Å². The Morgan fingerprint density at radius 2 is 0.840 bits per heavy atom. The number of para-hydroxylation sites is 3. The quantitative estimate of drug-likeness (QED) is 0.188. The van der Waals surface area contributed by atoms with Crippen molar-refractivity contribution in [2.24, 2.45) is 0 Å². The third-order valence-corrected chi connectivity index (χ3v) is 9.49. The van der Waals surface area contributed by atoms with Gasteiger partial charge in [0.25, 0.3) is 0 Å². The summed E-state index contributed by atoms with van der Waals surface area (Å²) in [5.74, 6) is 1.73. The van der Waals surface area contributed by atoms with Crippen molar-refractivity contribution in [1.82, 2.24) is 19.5 Å². The first-order chi connectivity index (χ1) is 24.8. The summed E-state index contributed by atoms with van der Waals surface area (Å²) >= 11 is 0. The molecule has 0 bridgehead atoms. The molecule has 0 fully saturated rings. The van der Waals surface area contributed by atoms with Gasteiger partial charge < -0.3 is 8.98 Å². The monoisotopic (exact) mass is 640 g/mol. The van der Waals surface area contributed by atoms with E-state index in [1.165, 1.54) is 10.8 Å². The lowest BCUT2D eigenvalue weighted by Crippen LogP contribution is -2.04. The first kappa shape index (κ1) is 28.2. The SMILES string of the molecule is c1ccc(-c2ccc(-c3nc(-c4ccccc4)nc(-c4c(-n5c6ccccc6c6ccccc65)ccc5c4oc4ccccc45)n3)cc2)cc1. The molecule has 0 aliphatic heterocycles. The highest BCUT2D eigenvalue weighted by molar-refractivity contribution is 6.13. The zero-order valence-electron chi connectivity index (χ0n) is 26.9.